The minimum absolute atomic E-state index is 0.256. The van der Waals surface area contributed by atoms with Gasteiger partial charge in [0.05, 0.1) is 13.2 Å². The number of hydrogen-bond donors (Lipinski definition) is 0. The van der Waals surface area contributed by atoms with Crippen LogP contribution in [0.5, 0.6) is 0 Å². The molecule has 20 heavy (non-hydrogen) atoms. The van der Waals surface area contributed by atoms with E-state index in [1.165, 1.54) is 4.68 Å². The van der Waals surface area contributed by atoms with Gasteiger partial charge in [-0.15, -0.1) is 5.10 Å². The molecule has 106 valence electrons. The first-order valence-corrected chi connectivity index (χ1v) is 6.87. The van der Waals surface area contributed by atoms with E-state index in [9.17, 15) is 4.79 Å². The van der Waals surface area contributed by atoms with Crippen molar-refractivity contribution in [2.45, 2.75) is 31.9 Å². The Kier molecular flexibility index (Phi) is 3.40. The van der Waals surface area contributed by atoms with Crippen LogP contribution >= 0.6 is 11.6 Å². The predicted molar refractivity (Wildman–Crippen MR) is 74.0 cm³/mol. The molecular weight excluding hydrogens is 280 g/mol. The third-order valence-corrected chi connectivity index (χ3v) is 3.56. The van der Waals surface area contributed by atoms with Gasteiger partial charge >= 0.3 is 5.76 Å². The van der Waals surface area contributed by atoms with Gasteiger partial charge in [0.1, 0.15) is 5.60 Å². The van der Waals surface area contributed by atoms with Crippen LogP contribution in [0.4, 0.5) is 0 Å². The molecule has 1 aromatic carbocycles. The summed E-state index contributed by atoms with van der Waals surface area (Å²) in [5.74, 6) is 0.0297. The van der Waals surface area contributed by atoms with Crippen LogP contribution in [0.2, 0.25) is 5.02 Å². The summed E-state index contributed by atoms with van der Waals surface area (Å²) < 4.78 is 11.7. The van der Waals surface area contributed by atoms with Gasteiger partial charge in [-0.05, 0) is 31.0 Å². The zero-order valence-electron chi connectivity index (χ0n) is 11.1. The van der Waals surface area contributed by atoms with Gasteiger partial charge in [0.25, 0.3) is 0 Å². The molecule has 1 aliphatic rings. The maximum atomic E-state index is 11.7. The average Bonchev–Trinajstić information content (AvgIpc) is 3.04. The van der Waals surface area contributed by atoms with Gasteiger partial charge in [-0.2, -0.15) is 4.68 Å². The summed E-state index contributed by atoms with van der Waals surface area (Å²) >= 11 is 5.83. The van der Waals surface area contributed by atoms with Gasteiger partial charge in [0.15, 0.2) is 0 Å². The molecule has 0 N–H and O–H groups in total. The molecule has 0 radical (unpaired) electrons. The van der Waals surface area contributed by atoms with Gasteiger partial charge in [0, 0.05) is 11.4 Å². The van der Waals surface area contributed by atoms with Crippen LogP contribution in [0.3, 0.4) is 0 Å². The van der Waals surface area contributed by atoms with Crippen LogP contribution in [0.15, 0.2) is 33.5 Å². The largest absolute Gasteiger partial charge is 0.437 e. The second-order valence-corrected chi connectivity index (χ2v) is 5.72. The Morgan fingerprint density at radius 1 is 1.35 bits per heavy atom. The summed E-state index contributed by atoms with van der Waals surface area (Å²) in [4.78, 5) is 11.7. The van der Waals surface area contributed by atoms with Gasteiger partial charge in [0.2, 0.25) is 5.89 Å². The standard InChI is InChI=1S/C14H15ClN2O3/c1-14(9-19-14)8-17-13(18)20-12(16-17)7-4-10-2-5-11(15)6-3-10/h2-3,5-6H,4,7-9H2,1H3. The van der Waals surface area contributed by atoms with Gasteiger partial charge in [-0.25, -0.2) is 4.79 Å². The topological polar surface area (TPSA) is 60.6 Å². The molecule has 1 atom stereocenters. The summed E-state index contributed by atoms with van der Waals surface area (Å²) in [6, 6.07) is 7.60. The van der Waals surface area contributed by atoms with E-state index < -0.39 is 5.76 Å². The van der Waals surface area contributed by atoms with Crippen molar-refractivity contribution >= 4 is 11.6 Å². The van der Waals surface area contributed by atoms with Crippen LogP contribution in [0, 0.1) is 0 Å². The molecule has 0 bridgehead atoms. The van der Waals surface area contributed by atoms with Crippen LogP contribution in [-0.4, -0.2) is 22.0 Å². The van der Waals surface area contributed by atoms with Crippen molar-refractivity contribution in [3.8, 4) is 0 Å². The van der Waals surface area contributed by atoms with Crippen LogP contribution in [-0.2, 0) is 24.1 Å². The summed E-state index contributed by atoms with van der Waals surface area (Å²) in [7, 11) is 0. The summed E-state index contributed by atoms with van der Waals surface area (Å²) in [5.41, 5.74) is 0.873. The van der Waals surface area contributed by atoms with Crippen LogP contribution < -0.4 is 5.76 Å². The molecule has 5 nitrogen and oxygen atoms in total. The third-order valence-electron chi connectivity index (χ3n) is 3.31. The van der Waals surface area contributed by atoms with E-state index in [0.717, 1.165) is 12.0 Å². The van der Waals surface area contributed by atoms with E-state index in [1.54, 1.807) is 0 Å². The maximum absolute atomic E-state index is 11.7. The number of benzene rings is 1. The molecule has 0 spiro atoms. The summed E-state index contributed by atoms with van der Waals surface area (Å²) in [6.07, 6.45) is 1.34. The number of hydrogen-bond acceptors (Lipinski definition) is 4. The van der Waals surface area contributed by atoms with E-state index in [4.69, 9.17) is 20.8 Å². The van der Waals surface area contributed by atoms with Gasteiger partial charge < -0.3 is 9.15 Å². The minimum atomic E-state index is -0.423. The van der Waals surface area contributed by atoms with Crippen molar-refractivity contribution in [3.05, 3.63) is 51.3 Å². The molecule has 0 amide bonds. The van der Waals surface area contributed by atoms with Crippen molar-refractivity contribution in [2.75, 3.05) is 6.61 Å². The smallest absolute Gasteiger partial charge is 0.392 e. The molecule has 0 aliphatic carbocycles. The Hall–Kier alpha value is -1.59. The van der Waals surface area contributed by atoms with E-state index in [2.05, 4.69) is 5.10 Å². The van der Waals surface area contributed by atoms with Crippen molar-refractivity contribution < 1.29 is 9.15 Å². The lowest BCUT2D eigenvalue weighted by Crippen LogP contribution is -2.24. The zero-order valence-corrected chi connectivity index (χ0v) is 11.9. The minimum Gasteiger partial charge on any atom is -0.392 e. The van der Waals surface area contributed by atoms with Gasteiger partial charge in [-0.3, -0.25) is 0 Å². The number of epoxide rings is 1. The van der Waals surface area contributed by atoms with Crippen molar-refractivity contribution in [1.29, 1.82) is 0 Å². The fourth-order valence-corrected chi connectivity index (χ4v) is 2.11. The fraction of sp³-hybridized carbons (Fsp3) is 0.429. The highest BCUT2D eigenvalue weighted by molar-refractivity contribution is 6.30. The normalized spacial score (nSPS) is 21.1. The van der Waals surface area contributed by atoms with Gasteiger partial charge in [-0.1, -0.05) is 23.7 Å². The van der Waals surface area contributed by atoms with Crippen LogP contribution in [0.25, 0.3) is 0 Å². The predicted octanol–water partition coefficient (Wildman–Crippen LogP) is 2.06. The van der Waals surface area contributed by atoms with E-state index in [1.807, 2.05) is 31.2 Å². The first kappa shape index (κ1) is 13.4. The van der Waals surface area contributed by atoms with E-state index >= 15 is 0 Å². The number of ether oxygens (including phenoxy) is 1. The second kappa shape index (κ2) is 5.07. The molecule has 1 fully saturated rings. The lowest BCUT2D eigenvalue weighted by atomic mass is 10.1. The molecule has 1 aromatic heterocycles. The Balaban J connectivity index is 1.64. The van der Waals surface area contributed by atoms with Crippen molar-refractivity contribution in [1.82, 2.24) is 9.78 Å². The molecular formula is C14H15ClN2O3. The lowest BCUT2D eigenvalue weighted by Gasteiger charge is -2.01. The number of halogens is 1. The monoisotopic (exact) mass is 294 g/mol. The Morgan fingerprint density at radius 3 is 2.70 bits per heavy atom. The molecule has 1 aliphatic heterocycles. The third kappa shape index (κ3) is 3.11. The van der Waals surface area contributed by atoms with E-state index in [0.29, 0.717) is 30.5 Å². The Morgan fingerprint density at radius 2 is 2.05 bits per heavy atom. The molecule has 2 aromatic rings. The molecule has 2 heterocycles. The Bertz CT molecular complexity index is 656. The van der Waals surface area contributed by atoms with Crippen LogP contribution in [0.1, 0.15) is 18.4 Å². The first-order chi connectivity index (χ1) is 9.54. The summed E-state index contributed by atoms with van der Waals surface area (Å²) in [5, 5.41) is 4.91. The highest BCUT2D eigenvalue weighted by Gasteiger charge is 2.40. The molecule has 1 unspecified atom stereocenters. The number of aryl methyl sites for hydroxylation is 2. The summed E-state index contributed by atoms with van der Waals surface area (Å²) in [6.45, 7) is 3.05. The SMILES string of the molecule is CC1(Cn2nc(CCc3ccc(Cl)cc3)oc2=O)CO1. The fourth-order valence-electron chi connectivity index (χ4n) is 1.98. The maximum Gasteiger partial charge on any atom is 0.437 e. The molecule has 3 rings (SSSR count). The highest BCUT2D eigenvalue weighted by Crippen LogP contribution is 2.26. The number of aromatic nitrogens is 2. The lowest BCUT2D eigenvalue weighted by molar-refractivity contribution is 0.278. The zero-order chi connectivity index (χ0) is 14.2. The molecule has 1 saturated heterocycles. The quantitative estimate of drug-likeness (QED) is 0.792. The number of rotatable bonds is 5. The van der Waals surface area contributed by atoms with Crippen molar-refractivity contribution in [2.24, 2.45) is 0 Å². The molecule has 6 heteroatoms. The highest BCUT2D eigenvalue weighted by atomic mass is 35.5. The Labute approximate surface area is 121 Å². The molecule has 0 saturated carbocycles. The van der Waals surface area contributed by atoms with E-state index in [-0.39, 0.29) is 5.60 Å². The number of nitrogens with zero attached hydrogens (tertiary/aromatic N) is 2. The average molecular weight is 295 g/mol. The van der Waals surface area contributed by atoms with Crippen molar-refractivity contribution in [3.63, 3.8) is 0 Å². The second-order valence-electron chi connectivity index (χ2n) is 5.28. The first-order valence-electron chi connectivity index (χ1n) is 6.49.